The number of hydrogen-bond donors (Lipinski definition) is 0. The van der Waals surface area contributed by atoms with E-state index in [4.69, 9.17) is 11.6 Å². The van der Waals surface area contributed by atoms with E-state index >= 15 is 0 Å². The molecule has 1 aromatic rings. The summed E-state index contributed by atoms with van der Waals surface area (Å²) in [5.41, 5.74) is 0. The number of rotatable bonds is 2. The summed E-state index contributed by atoms with van der Waals surface area (Å²) in [6.07, 6.45) is 0.846. The van der Waals surface area contributed by atoms with E-state index < -0.39 is 27.8 Å². The van der Waals surface area contributed by atoms with Crippen LogP contribution in [0.15, 0.2) is 10.8 Å². The minimum absolute atomic E-state index is 0.0487. The fourth-order valence-electron chi connectivity index (χ4n) is 1.58. The molecule has 1 amide bonds. The summed E-state index contributed by atoms with van der Waals surface area (Å²) in [6.45, 7) is -0.300. The molecule has 10 heteroatoms. The minimum atomic E-state index is -4.76. The number of aromatic nitrogens is 2. The molecule has 6 nitrogen and oxygen atoms in total. The van der Waals surface area contributed by atoms with Crippen LogP contribution in [-0.4, -0.2) is 36.1 Å². The van der Waals surface area contributed by atoms with Crippen LogP contribution < -0.4 is 4.90 Å². The summed E-state index contributed by atoms with van der Waals surface area (Å²) in [5, 5.41) is -1.33. The monoisotopic (exact) mass is 357 g/mol. The number of hydrogen-bond acceptors (Lipinski definition) is 5. The molecular weight excluding hydrogens is 353 g/mol. The van der Waals surface area contributed by atoms with Gasteiger partial charge in [-0.3, -0.25) is 9.69 Å². The molecule has 0 radical (unpaired) electrons. The lowest BCUT2D eigenvalue weighted by Crippen LogP contribution is -2.28. The van der Waals surface area contributed by atoms with Crippen molar-refractivity contribution in [1.29, 1.82) is 0 Å². The molecule has 2 heterocycles. The second kappa shape index (κ2) is 4.71. The molecule has 0 aliphatic carbocycles. The van der Waals surface area contributed by atoms with Crippen molar-refractivity contribution in [2.24, 2.45) is 0 Å². The molecule has 1 unspecified atom stereocenters. The Bertz CT molecular complexity index is 612. The average molecular weight is 359 g/mol. The fourth-order valence-corrected chi connectivity index (χ4v) is 2.79. The quantitative estimate of drug-likeness (QED) is 0.744. The standard InChI is InChI=1S/C8H6BrClFN3O3S/c9-7-8(13-5(10)2-12-7)14-3-4(1-6(14)15)18(11,16)17/h2,4H,1,3H2. The molecule has 98 valence electrons. The zero-order chi connectivity index (χ0) is 13.5. The highest BCUT2D eigenvalue weighted by Gasteiger charge is 2.40. The molecule has 1 saturated heterocycles. The first kappa shape index (κ1) is 13.6. The van der Waals surface area contributed by atoms with E-state index in [-0.39, 0.29) is 22.1 Å². The highest BCUT2D eigenvalue weighted by Crippen LogP contribution is 2.29. The van der Waals surface area contributed by atoms with Crippen molar-refractivity contribution in [1.82, 2.24) is 9.97 Å². The second-order valence-corrected chi connectivity index (χ2v) is 6.37. The summed E-state index contributed by atoms with van der Waals surface area (Å²) in [7, 11) is -4.76. The van der Waals surface area contributed by atoms with Crippen LogP contribution in [0, 0.1) is 0 Å². The zero-order valence-corrected chi connectivity index (χ0v) is 11.8. The Morgan fingerprint density at radius 2 is 2.22 bits per heavy atom. The van der Waals surface area contributed by atoms with Crippen LogP contribution in [-0.2, 0) is 15.0 Å². The first-order chi connectivity index (χ1) is 8.29. The molecule has 0 saturated carbocycles. The number of nitrogens with zero attached hydrogens (tertiary/aromatic N) is 3. The van der Waals surface area contributed by atoms with Gasteiger partial charge in [-0.05, 0) is 15.9 Å². The van der Waals surface area contributed by atoms with E-state index in [0.29, 0.717) is 0 Å². The third-order valence-electron chi connectivity index (χ3n) is 2.43. The second-order valence-electron chi connectivity index (χ2n) is 3.61. The predicted octanol–water partition coefficient (Wildman–Crippen LogP) is 1.30. The van der Waals surface area contributed by atoms with Crippen LogP contribution in [0.3, 0.4) is 0 Å². The number of anilines is 1. The number of carbonyl (C=O) groups excluding carboxylic acids is 1. The fraction of sp³-hybridized carbons (Fsp3) is 0.375. The molecule has 1 aromatic heterocycles. The molecule has 0 spiro atoms. The molecule has 18 heavy (non-hydrogen) atoms. The number of amides is 1. The van der Waals surface area contributed by atoms with E-state index in [1.807, 2.05) is 0 Å². The Balaban J connectivity index is 2.35. The normalized spacial score (nSPS) is 20.5. The Kier molecular flexibility index (Phi) is 3.56. The van der Waals surface area contributed by atoms with Crippen LogP contribution in [0.4, 0.5) is 9.70 Å². The topological polar surface area (TPSA) is 80.2 Å². The molecule has 1 aliphatic rings. The molecule has 0 bridgehead atoms. The van der Waals surface area contributed by atoms with Gasteiger partial charge in [0.05, 0.1) is 6.20 Å². The SMILES string of the molecule is O=C1CC(S(=O)(=O)F)CN1c1nc(Cl)cnc1Br. The first-order valence-electron chi connectivity index (χ1n) is 4.71. The van der Waals surface area contributed by atoms with E-state index in [1.165, 1.54) is 6.20 Å². The third-order valence-corrected chi connectivity index (χ3v) is 4.28. The van der Waals surface area contributed by atoms with Crippen molar-refractivity contribution >= 4 is 49.5 Å². The third kappa shape index (κ3) is 2.62. The molecular formula is C8H6BrClFN3O3S. The lowest BCUT2D eigenvalue weighted by atomic mass is 10.4. The van der Waals surface area contributed by atoms with E-state index in [0.717, 1.165) is 4.90 Å². The van der Waals surface area contributed by atoms with E-state index in [9.17, 15) is 17.1 Å². The van der Waals surface area contributed by atoms with Gasteiger partial charge in [-0.15, -0.1) is 3.89 Å². The summed E-state index contributed by atoms with van der Waals surface area (Å²) in [4.78, 5) is 20.4. The van der Waals surface area contributed by atoms with Gasteiger partial charge in [-0.2, -0.15) is 8.42 Å². The van der Waals surface area contributed by atoms with Crippen LogP contribution >= 0.6 is 27.5 Å². The van der Waals surface area contributed by atoms with Gasteiger partial charge >= 0.3 is 10.2 Å². The largest absolute Gasteiger partial charge is 0.307 e. The van der Waals surface area contributed by atoms with Crippen molar-refractivity contribution in [2.45, 2.75) is 11.7 Å². The Labute approximate surface area is 116 Å². The summed E-state index contributed by atoms with van der Waals surface area (Å²) in [6, 6.07) is 0. The van der Waals surface area contributed by atoms with Gasteiger partial charge in [0.15, 0.2) is 5.82 Å². The maximum absolute atomic E-state index is 12.9. The summed E-state index contributed by atoms with van der Waals surface area (Å²) in [5.74, 6) is -0.461. The van der Waals surface area contributed by atoms with Gasteiger partial charge in [0.2, 0.25) is 5.91 Å². The van der Waals surface area contributed by atoms with Gasteiger partial charge < -0.3 is 0 Å². The summed E-state index contributed by atoms with van der Waals surface area (Å²) < 4.78 is 34.7. The molecule has 1 aliphatic heterocycles. The Morgan fingerprint density at radius 3 is 2.78 bits per heavy atom. The van der Waals surface area contributed by atoms with Gasteiger partial charge in [-0.1, -0.05) is 11.6 Å². The van der Waals surface area contributed by atoms with Crippen LogP contribution in [0.5, 0.6) is 0 Å². The summed E-state index contributed by atoms with van der Waals surface area (Å²) >= 11 is 8.71. The van der Waals surface area contributed by atoms with Crippen molar-refractivity contribution in [3.05, 3.63) is 16.0 Å². The van der Waals surface area contributed by atoms with Crippen molar-refractivity contribution in [2.75, 3.05) is 11.4 Å². The molecule has 0 N–H and O–H groups in total. The maximum Gasteiger partial charge on any atom is 0.307 e. The predicted molar refractivity (Wildman–Crippen MR) is 65.5 cm³/mol. The van der Waals surface area contributed by atoms with Gasteiger partial charge in [0, 0.05) is 13.0 Å². The van der Waals surface area contributed by atoms with Crippen LogP contribution in [0.2, 0.25) is 5.15 Å². The van der Waals surface area contributed by atoms with Gasteiger partial charge in [0.1, 0.15) is 15.0 Å². The van der Waals surface area contributed by atoms with E-state index in [2.05, 4.69) is 25.9 Å². The first-order valence-corrected chi connectivity index (χ1v) is 7.32. The van der Waals surface area contributed by atoms with Crippen molar-refractivity contribution in [3.8, 4) is 0 Å². The van der Waals surface area contributed by atoms with Crippen molar-refractivity contribution < 1.29 is 17.1 Å². The molecule has 0 aromatic carbocycles. The zero-order valence-electron chi connectivity index (χ0n) is 8.68. The molecule has 2 rings (SSSR count). The molecule has 1 fully saturated rings. The number of carbonyl (C=O) groups is 1. The lowest BCUT2D eigenvalue weighted by Gasteiger charge is -2.15. The maximum atomic E-state index is 12.9. The van der Waals surface area contributed by atoms with Gasteiger partial charge in [0.25, 0.3) is 0 Å². The highest BCUT2D eigenvalue weighted by atomic mass is 79.9. The van der Waals surface area contributed by atoms with Crippen LogP contribution in [0.25, 0.3) is 0 Å². The van der Waals surface area contributed by atoms with Crippen LogP contribution in [0.1, 0.15) is 6.42 Å². The smallest absolute Gasteiger partial charge is 0.293 e. The molecule has 1 atom stereocenters. The number of halogens is 3. The Morgan fingerprint density at radius 1 is 1.56 bits per heavy atom. The minimum Gasteiger partial charge on any atom is -0.293 e. The lowest BCUT2D eigenvalue weighted by molar-refractivity contribution is -0.117. The van der Waals surface area contributed by atoms with E-state index in [1.54, 1.807) is 0 Å². The highest BCUT2D eigenvalue weighted by molar-refractivity contribution is 9.10. The van der Waals surface area contributed by atoms with Gasteiger partial charge in [-0.25, -0.2) is 9.97 Å². The average Bonchev–Trinajstić information content (AvgIpc) is 2.64. The Hall–Kier alpha value is -0.800. The van der Waals surface area contributed by atoms with Crippen molar-refractivity contribution in [3.63, 3.8) is 0 Å².